The number of nitrogens with one attached hydrogen (secondary N) is 1. The van der Waals surface area contributed by atoms with Gasteiger partial charge in [-0.1, -0.05) is 30.3 Å². The molecule has 0 radical (unpaired) electrons. The zero-order valence-electron chi connectivity index (χ0n) is 18.7. The molecule has 0 aromatic heterocycles. The lowest BCUT2D eigenvalue weighted by atomic mass is 9.83. The van der Waals surface area contributed by atoms with Crippen molar-refractivity contribution >= 4 is 17.2 Å². The van der Waals surface area contributed by atoms with E-state index in [9.17, 15) is 4.79 Å². The molecular weight excluding hydrogens is 416 g/mol. The Kier molecular flexibility index (Phi) is 5.34. The molecule has 2 aliphatic rings. The Balaban J connectivity index is 1.64. The number of allylic oxidation sites excluding steroid dienone is 1. The van der Waals surface area contributed by atoms with Gasteiger partial charge in [-0.05, 0) is 47.5 Å². The largest absolute Gasteiger partial charge is 0.497 e. The van der Waals surface area contributed by atoms with Gasteiger partial charge in [0.1, 0.15) is 5.75 Å². The molecule has 166 valence electrons. The quantitative estimate of drug-likeness (QED) is 0.617. The maximum atomic E-state index is 13.6. The first-order valence-electron chi connectivity index (χ1n) is 10.7. The molecular formula is C27H24N2O4. The van der Waals surface area contributed by atoms with Crippen LogP contribution in [0, 0.1) is 0 Å². The van der Waals surface area contributed by atoms with Gasteiger partial charge in [-0.15, -0.1) is 0 Å². The number of hydrogen-bond acceptors (Lipinski definition) is 6. The molecule has 1 N–H and O–H groups in total. The van der Waals surface area contributed by atoms with Gasteiger partial charge >= 0.3 is 0 Å². The van der Waals surface area contributed by atoms with E-state index in [-0.39, 0.29) is 11.7 Å². The molecule has 3 aromatic carbocycles. The van der Waals surface area contributed by atoms with Gasteiger partial charge in [0.05, 0.1) is 32.7 Å². The summed E-state index contributed by atoms with van der Waals surface area (Å²) in [5.41, 5.74) is 9.06. The van der Waals surface area contributed by atoms with E-state index in [1.807, 2.05) is 66.7 Å². The molecule has 3 aromatic rings. The van der Waals surface area contributed by atoms with Gasteiger partial charge in [-0.25, -0.2) is 0 Å². The molecule has 0 amide bonds. The number of hydrazone groups is 1. The monoisotopic (exact) mass is 440 g/mol. The Morgan fingerprint density at radius 2 is 1.58 bits per heavy atom. The third kappa shape index (κ3) is 3.53. The number of rotatable bonds is 5. The van der Waals surface area contributed by atoms with Gasteiger partial charge in [-0.2, -0.15) is 5.10 Å². The van der Waals surface area contributed by atoms with E-state index < -0.39 is 0 Å². The first-order chi connectivity index (χ1) is 16.1. The smallest absolute Gasteiger partial charge is 0.192 e. The van der Waals surface area contributed by atoms with Crippen LogP contribution in [-0.4, -0.2) is 32.8 Å². The number of carbonyl (C=O) groups excluding carboxylic acids is 1. The fraction of sp³-hybridized carbons (Fsp3) is 0.185. The number of benzene rings is 3. The van der Waals surface area contributed by atoms with Gasteiger partial charge < -0.3 is 14.2 Å². The predicted molar refractivity (Wildman–Crippen MR) is 127 cm³/mol. The Morgan fingerprint density at radius 1 is 0.848 bits per heavy atom. The lowest BCUT2D eigenvalue weighted by Crippen LogP contribution is -2.14. The number of fused-ring (bicyclic) bond motifs is 2. The van der Waals surface area contributed by atoms with Crippen LogP contribution in [0.25, 0.3) is 5.70 Å². The van der Waals surface area contributed by atoms with Crippen molar-refractivity contribution in [2.75, 3.05) is 21.3 Å². The highest BCUT2D eigenvalue weighted by Gasteiger charge is 2.37. The summed E-state index contributed by atoms with van der Waals surface area (Å²) >= 11 is 0. The molecule has 33 heavy (non-hydrogen) atoms. The summed E-state index contributed by atoms with van der Waals surface area (Å²) < 4.78 is 16.3. The second kappa shape index (κ2) is 8.47. The van der Waals surface area contributed by atoms with E-state index in [1.54, 1.807) is 21.3 Å². The number of Topliss-reactive ketones (excluding diaryl/α,β-unsaturated/α-hetero) is 1. The molecule has 0 bridgehead atoms. The highest BCUT2D eigenvalue weighted by Crippen LogP contribution is 2.44. The van der Waals surface area contributed by atoms with Gasteiger partial charge in [-0.3, -0.25) is 10.2 Å². The third-order valence-corrected chi connectivity index (χ3v) is 6.24. The van der Waals surface area contributed by atoms with E-state index in [2.05, 4.69) is 5.43 Å². The second-order valence-corrected chi connectivity index (χ2v) is 7.93. The van der Waals surface area contributed by atoms with E-state index in [0.29, 0.717) is 23.5 Å². The van der Waals surface area contributed by atoms with E-state index in [4.69, 9.17) is 19.3 Å². The Morgan fingerprint density at radius 3 is 2.27 bits per heavy atom. The third-order valence-electron chi connectivity index (χ3n) is 6.24. The molecule has 6 nitrogen and oxygen atoms in total. The Bertz CT molecular complexity index is 1290. The van der Waals surface area contributed by atoms with Crippen LogP contribution in [0.2, 0.25) is 0 Å². The number of ether oxygens (including phenoxy) is 3. The van der Waals surface area contributed by atoms with Gasteiger partial charge in [0.15, 0.2) is 17.3 Å². The maximum absolute atomic E-state index is 13.6. The van der Waals surface area contributed by atoms with Gasteiger partial charge in [0.25, 0.3) is 0 Å². The van der Waals surface area contributed by atoms with Gasteiger partial charge in [0, 0.05) is 29.0 Å². The normalized spacial score (nSPS) is 16.9. The van der Waals surface area contributed by atoms with Gasteiger partial charge in [0.2, 0.25) is 0 Å². The summed E-state index contributed by atoms with van der Waals surface area (Å²) in [5, 5.41) is 4.74. The van der Waals surface area contributed by atoms with Crippen molar-refractivity contribution < 1.29 is 19.0 Å². The van der Waals surface area contributed by atoms with Crippen molar-refractivity contribution in [3.8, 4) is 17.2 Å². The average Bonchev–Trinajstić information content (AvgIpc) is 3.02. The highest BCUT2D eigenvalue weighted by molar-refractivity contribution is 6.22. The topological polar surface area (TPSA) is 69.2 Å². The number of nitrogens with zero attached hydrogens (tertiary/aromatic N) is 1. The highest BCUT2D eigenvalue weighted by atomic mass is 16.5. The van der Waals surface area contributed by atoms with Crippen molar-refractivity contribution in [3.63, 3.8) is 0 Å². The summed E-state index contributed by atoms with van der Waals surface area (Å²) in [4.78, 5) is 13.6. The van der Waals surface area contributed by atoms with Crippen molar-refractivity contribution in [3.05, 3.63) is 94.6 Å². The van der Waals surface area contributed by atoms with Crippen LogP contribution in [0.3, 0.4) is 0 Å². The molecule has 5 rings (SSSR count). The van der Waals surface area contributed by atoms with Crippen LogP contribution in [0.4, 0.5) is 0 Å². The van der Waals surface area contributed by atoms with Crippen LogP contribution in [0.5, 0.6) is 17.2 Å². The average molecular weight is 440 g/mol. The summed E-state index contributed by atoms with van der Waals surface area (Å²) in [5.74, 6) is 1.87. The summed E-state index contributed by atoms with van der Waals surface area (Å²) in [6.07, 6.45) is 0.549. The summed E-state index contributed by atoms with van der Waals surface area (Å²) in [6, 6.07) is 21.3. The molecule has 0 fully saturated rings. The molecule has 0 saturated heterocycles. The predicted octanol–water partition coefficient (Wildman–Crippen LogP) is 4.80. The van der Waals surface area contributed by atoms with Crippen LogP contribution in [-0.2, 0) is 0 Å². The minimum Gasteiger partial charge on any atom is -0.497 e. The zero-order chi connectivity index (χ0) is 22.9. The number of hydrogen-bond donors (Lipinski definition) is 1. The Labute approximate surface area is 192 Å². The fourth-order valence-electron chi connectivity index (χ4n) is 4.54. The number of carbonyl (C=O) groups is 1. The van der Waals surface area contributed by atoms with Crippen LogP contribution < -0.4 is 19.6 Å². The molecule has 1 aliphatic carbocycles. The minimum atomic E-state index is -0.212. The number of methoxy groups -OCH3 is 3. The lowest BCUT2D eigenvalue weighted by Gasteiger charge is -2.20. The van der Waals surface area contributed by atoms with Crippen LogP contribution in [0.15, 0.2) is 77.4 Å². The van der Waals surface area contributed by atoms with Crippen molar-refractivity contribution in [1.29, 1.82) is 0 Å². The first kappa shape index (κ1) is 20.8. The van der Waals surface area contributed by atoms with Crippen molar-refractivity contribution in [2.45, 2.75) is 12.3 Å². The zero-order valence-corrected chi connectivity index (χ0v) is 18.7. The van der Waals surface area contributed by atoms with Crippen LogP contribution >= 0.6 is 0 Å². The first-order valence-corrected chi connectivity index (χ1v) is 10.7. The molecule has 1 aliphatic heterocycles. The molecule has 1 unspecified atom stereocenters. The van der Waals surface area contributed by atoms with E-state index >= 15 is 0 Å². The fourth-order valence-corrected chi connectivity index (χ4v) is 4.54. The van der Waals surface area contributed by atoms with Crippen molar-refractivity contribution in [2.24, 2.45) is 5.10 Å². The Hall–Kier alpha value is -4.06. The molecule has 0 spiro atoms. The van der Waals surface area contributed by atoms with Crippen molar-refractivity contribution in [1.82, 2.24) is 5.43 Å². The SMILES string of the molecule is COc1ccc(C2=NNC3=C(C(=O)c4ccccc43)C(c3ccc(OC)c(OC)c3)C2)cc1. The summed E-state index contributed by atoms with van der Waals surface area (Å²) in [7, 11) is 4.87. The lowest BCUT2D eigenvalue weighted by molar-refractivity contribution is 0.103. The van der Waals surface area contributed by atoms with E-state index in [0.717, 1.165) is 39.4 Å². The molecule has 0 saturated carbocycles. The molecule has 1 atom stereocenters. The molecule has 6 heteroatoms. The standard InChI is InChI=1S/C27H24N2O4/c1-31-18-11-8-16(9-12-18)22-15-21(17-10-13-23(32-2)24(14-17)33-3)25-26(29-28-22)19-6-4-5-7-20(19)27(25)30/h4-14,21,29H,15H2,1-3H3. The number of ketones is 1. The second-order valence-electron chi connectivity index (χ2n) is 7.93. The molecule has 1 heterocycles. The maximum Gasteiger partial charge on any atom is 0.192 e. The van der Waals surface area contributed by atoms with E-state index in [1.165, 1.54) is 0 Å². The van der Waals surface area contributed by atoms with Crippen LogP contribution in [0.1, 0.15) is 39.4 Å². The minimum absolute atomic E-state index is 0.0269. The summed E-state index contributed by atoms with van der Waals surface area (Å²) in [6.45, 7) is 0.